The monoisotopic (exact) mass is 313 g/mol. The minimum atomic E-state index is 0.0316. The fourth-order valence-corrected chi connectivity index (χ4v) is 2.09. The van der Waals surface area contributed by atoms with Gasteiger partial charge < -0.3 is 10.2 Å². The number of carbonyl (C=O) groups excluding carboxylic acids is 1. The van der Waals surface area contributed by atoms with Gasteiger partial charge in [-0.3, -0.25) is 4.79 Å². The lowest BCUT2D eigenvalue weighted by molar-refractivity contribution is 0.0765. The van der Waals surface area contributed by atoms with Crippen LogP contribution in [-0.4, -0.2) is 35.4 Å². The van der Waals surface area contributed by atoms with Crippen LogP contribution in [-0.2, 0) is 0 Å². The van der Waals surface area contributed by atoms with Crippen molar-refractivity contribution < 1.29 is 4.79 Å². The lowest BCUT2D eigenvalue weighted by atomic mass is 10.2. The van der Waals surface area contributed by atoms with Crippen LogP contribution in [0.3, 0.4) is 0 Å². The van der Waals surface area contributed by atoms with E-state index in [9.17, 15) is 4.79 Å². The molecular weight excluding hydrogens is 294 g/mol. The molecule has 5 heteroatoms. The third-order valence-electron chi connectivity index (χ3n) is 2.59. The van der Waals surface area contributed by atoms with Crippen LogP contribution in [0.4, 0.5) is 5.82 Å². The molecule has 4 nitrogen and oxygen atoms in total. The van der Waals surface area contributed by atoms with Gasteiger partial charge in [0.15, 0.2) is 0 Å². The summed E-state index contributed by atoms with van der Waals surface area (Å²) >= 11 is 3.36. The van der Waals surface area contributed by atoms with Gasteiger partial charge >= 0.3 is 0 Å². The second-order valence-corrected chi connectivity index (χ2v) is 4.88. The molecular formula is C13H20BrN3O. The standard InChI is InChI=1S/C13H20BrN3O/c1-4-7-17(6-3)13(18)11-8-10(14)9-16-12(11)15-5-2/h8-9H,4-7H2,1-3H3,(H,15,16). The largest absolute Gasteiger partial charge is 0.370 e. The van der Waals surface area contributed by atoms with Crippen LogP contribution in [0.1, 0.15) is 37.6 Å². The SMILES string of the molecule is CCCN(CC)C(=O)c1cc(Br)cnc1NCC. The maximum absolute atomic E-state index is 12.4. The number of rotatable bonds is 6. The number of nitrogens with one attached hydrogen (secondary N) is 1. The molecule has 0 aliphatic carbocycles. The number of pyridine rings is 1. The van der Waals surface area contributed by atoms with Gasteiger partial charge in [-0.1, -0.05) is 6.92 Å². The molecule has 0 spiro atoms. The Morgan fingerprint density at radius 3 is 2.72 bits per heavy atom. The van der Waals surface area contributed by atoms with E-state index >= 15 is 0 Å². The predicted octanol–water partition coefficient (Wildman–Crippen LogP) is 3.15. The second kappa shape index (κ2) is 7.36. The van der Waals surface area contributed by atoms with Crippen molar-refractivity contribution in [2.45, 2.75) is 27.2 Å². The first-order valence-corrected chi connectivity index (χ1v) is 7.11. The lowest BCUT2D eigenvalue weighted by Gasteiger charge is -2.21. The van der Waals surface area contributed by atoms with Gasteiger partial charge in [-0.2, -0.15) is 0 Å². The molecule has 0 bridgehead atoms. The smallest absolute Gasteiger partial charge is 0.257 e. The molecule has 0 saturated carbocycles. The molecule has 1 rings (SSSR count). The van der Waals surface area contributed by atoms with E-state index in [0.717, 1.165) is 24.0 Å². The summed E-state index contributed by atoms with van der Waals surface area (Å²) in [6.07, 6.45) is 2.66. The number of amides is 1. The summed E-state index contributed by atoms with van der Waals surface area (Å²) in [6, 6.07) is 1.83. The maximum Gasteiger partial charge on any atom is 0.257 e. The summed E-state index contributed by atoms with van der Waals surface area (Å²) in [5.74, 6) is 0.685. The Bertz CT molecular complexity index is 409. The molecule has 0 saturated heterocycles. The van der Waals surface area contributed by atoms with E-state index in [-0.39, 0.29) is 5.91 Å². The van der Waals surface area contributed by atoms with Crippen LogP contribution >= 0.6 is 15.9 Å². The van der Waals surface area contributed by atoms with E-state index in [1.54, 1.807) is 6.20 Å². The van der Waals surface area contributed by atoms with Gasteiger partial charge in [0.2, 0.25) is 0 Å². The Labute approximate surface area is 117 Å². The van der Waals surface area contributed by atoms with Crippen molar-refractivity contribution in [3.8, 4) is 0 Å². The Balaban J connectivity index is 3.05. The van der Waals surface area contributed by atoms with Gasteiger partial charge in [-0.15, -0.1) is 0 Å². The molecule has 0 aromatic carbocycles. The highest BCUT2D eigenvalue weighted by molar-refractivity contribution is 9.10. The molecule has 0 atom stereocenters. The number of hydrogen-bond donors (Lipinski definition) is 1. The zero-order chi connectivity index (χ0) is 13.5. The summed E-state index contributed by atoms with van der Waals surface area (Å²) in [4.78, 5) is 18.5. The van der Waals surface area contributed by atoms with Crippen LogP contribution in [0.15, 0.2) is 16.7 Å². The fourth-order valence-electron chi connectivity index (χ4n) is 1.75. The van der Waals surface area contributed by atoms with Crippen LogP contribution in [0, 0.1) is 0 Å². The molecule has 1 amide bonds. The molecule has 1 aromatic rings. The highest BCUT2D eigenvalue weighted by Gasteiger charge is 2.18. The van der Waals surface area contributed by atoms with Crippen LogP contribution in [0.25, 0.3) is 0 Å². The molecule has 0 aliphatic heterocycles. The number of anilines is 1. The van der Waals surface area contributed by atoms with Crippen molar-refractivity contribution in [3.05, 3.63) is 22.3 Å². The average Bonchev–Trinajstić information content (AvgIpc) is 2.37. The molecule has 0 aliphatic rings. The number of carbonyl (C=O) groups is 1. The van der Waals surface area contributed by atoms with E-state index in [4.69, 9.17) is 0 Å². The lowest BCUT2D eigenvalue weighted by Crippen LogP contribution is -2.32. The minimum Gasteiger partial charge on any atom is -0.370 e. The van der Waals surface area contributed by atoms with Crippen molar-refractivity contribution in [1.29, 1.82) is 0 Å². The van der Waals surface area contributed by atoms with E-state index < -0.39 is 0 Å². The van der Waals surface area contributed by atoms with Crippen molar-refractivity contribution in [2.75, 3.05) is 25.0 Å². The molecule has 1 heterocycles. The molecule has 1 N–H and O–H groups in total. The topological polar surface area (TPSA) is 45.2 Å². The Morgan fingerprint density at radius 1 is 1.44 bits per heavy atom. The first kappa shape index (κ1) is 15.0. The normalized spacial score (nSPS) is 10.2. The number of nitrogens with zero attached hydrogens (tertiary/aromatic N) is 2. The second-order valence-electron chi connectivity index (χ2n) is 3.96. The first-order chi connectivity index (χ1) is 8.63. The summed E-state index contributed by atoms with van der Waals surface area (Å²) in [5.41, 5.74) is 0.626. The summed E-state index contributed by atoms with van der Waals surface area (Å²) in [7, 11) is 0. The van der Waals surface area contributed by atoms with Gasteiger partial charge in [0, 0.05) is 30.3 Å². The molecule has 0 radical (unpaired) electrons. The molecule has 18 heavy (non-hydrogen) atoms. The van der Waals surface area contributed by atoms with Gasteiger partial charge in [0.25, 0.3) is 5.91 Å². The number of halogens is 1. The van der Waals surface area contributed by atoms with Crippen molar-refractivity contribution >= 4 is 27.7 Å². The minimum absolute atomic E-state index is 0.0316. The van der Waals surface area contributed by atoms with Crippen LogP contribution in [0.2, 0.25) is 0 Å². The predicted molar refractivity (Wildman–Crippen MR) is 78.0 cm³/mol. The van der Waals surface area contributed by atoms with E-state index in [1.807, 2.05) is 24.8 Å². The molecule has 100 valence electrons. The summed E-state index contributed by atoms with van der Waals surface area (Å²) < 4.78 is 0.819. The highest BCUT2D eigenvalue weighted by atomic mass is 79.9. The third kappa shape index (κ3) is 3.70. The third-order valence-corrected chi connectivity index (χ3v) is 3.03. The van der Waals surface area contributed by atoms with Crippen LogP contribution < -0.4 is 5.32 Å². The van der Waals surface area contributed by atoms with Gasteiger partial charge in [0.1, 0.15) is 5.82 Å². The van der Waals surface area contributed by atoms with Gasteiger partial charge in [0.05, 0.1) is 5.56 Å². The van der Waals surface area contributed by atoms with E-state index in [2.05, 4.69) is 33.2 Å². The average molecular weight is 314 g/mol. The van der Waals surface area contributed by atoms with E-state index in [0.29, 0.717) is 17.9 Å². The quantitative estimate of drug-likeness (QED) is 0.877. The summed E-state index contributed by atoms with van der Waals surface area (Å²) in [6.45, 7) is 8.28. The van der Waals surface area contributed by atoms with Crippen molar-refractivity contribution in [1.82, 2.24) is 9.88 Å². The molecule has 0 unspecified atom stereocenters. The first-order valence-electron chi connectivity index (χ1n) is 6.32. The zero-order valence-corrected chi connectivity index (χ0v) is 12.7. The maximum atomic E-state index is 12.4. The van der Waals surface area contributed by atoms with E-state index in [1.165, 1.54) is 0 Å². The Hall–Kier alpha value is -1.10. The summed E-state index contributed by atoms with van der Waals surface area (Å²) in [5, 5.41) is 3.13. The number of hydrogen-bond acceptors (Lipinski definition) is 3. The van der Waals surface area contributed by atoms with Gasteiger partial charge in [-0.25, -0.2) is 4.98 Å². The molecule has 0 fully saturated rings. The number of aromatic nitrogens is 1. The Morgan fingerprint density at radius 2 is 2.17 bits per heavy atom. The van der Waals surface area contributed by atoms with Gasteiger partial charge in [-0.05, 0) is 42.3 Å². The van der Waals surface area contributed by atoms with Crippen molar-refractivity contribution in [2.24, 2.45) is 0 Å². The molecule has 1 aromatic heterocycles. The van der Waals surface area contributed by atoms with Crippen LogP contribution in [0.5, 0.6) is 0 Å². The fraction of sp³-hybridized carbons (Fsp3) is 0.538. The Kier molecular flexibility index (Phi) is 6.12. The highest BCUT2D eigenvalue weighted by Crippen LogP contribution is 2.20. The zero-order valence-electron chi connectivity index (χ0n) is 11.2. The van der Waals surface area contributed by atoms with Crippen molar-refractivity contribution in [3.63, 3.8) is 0 Å².